The van der Waals surface area contributed by atoms with Crippen molar-refractivity contribution in [3.05, 3.63) is 97.2 Å². The van der Waals surface area contributed by atoms with Crippen molar-refractivity contribution in [2.24, 2.45) is 0 Å². The Kier molecular flexibility index (Phi) is 59.8. The summed E-state index contributed by atoms with van der Waals surface area (Å²) in [6.07, 6.45) is 84.0. The summed E-state index contributed by atoms with van der Waals surface area (Å²) in [5, 5.41) is 0. The van der Waals surface area contributed by atoms with Crippen LogP contribution in [0.3, 0.4) is 0 Å². The third-order valence-corrected chi connectivity index (χ3v) is 13.6. The van der Waals surface area contributed by atoms with E-state index in [9.17, 15) is 14.4 Å². The Bertz CT molecular complexity index is 1480. The summed E-state index contributed by atoms with van der Waals surface area (Å²) in [6, 6.07) is 0. The lowest BCUT2D eigenvalue weighted by molar-refractivity contribution is -0.167. The van der Waals surface area contributed by atoms with Crippen LogP contribution in [-0.2, 0) is 28.6 Å². The van der Waals surface area contributed by atoms with Crippen molar-refractivity contribution in [1.29, 1.82) is 0 Å². The van der Waals surface area contributed by atoms with E-state index in [0.29, 0.717) is 19.3 Å². The Balaban J connectivity index is 4.32. The summed E-state index contributed by atoms with van der Waals surface area (Å²) in [5.41, 5.74) is 0. The fourth-order valence-electron chi connectivity index (χ4n) is 8.83. The third kappa shape index (κ3) is 61.1. The summed E-state index contributed by atoms with van der Waals surface area (Å²) in [4.78, 5) is 38.3. The molecule has 6 nitrogen and oxygen atoms in total. The first-order valence-electron chi connectivity index (χ1n) is 31.7. The number of hydrogen-bond acceptors (Lipinski definition) is 6. The highest BCUT2D eigenvalue weighted by Crippen LogP contribution is 2.16. The number of unbranched alkanes of at least 4 members (excludes halogenated alkanes) is 30. The van der Waals surface area contributed by atoms with E-state index in [0.717, 1.165) is 116 Å². The molecule has 1 unspecified atom stereocenters. The van der Waals surface area contributed by atoms with Crippen LogP contribution in [0.1, 0.15) is 303 Å². The quantitative estimate of drug-likeness (QED) is 0.0261. The molecular formula is C69H118O6. The number of hydrogen-bond donors (Lipinski definition) is 0. The first kappa shape index (κ1) is 71.3. The minimum atomic E-state index is -0.785. The molecule has 0 heterocycles. The van der Waals surface area contributed by atoms with Gasteiger partial charge in [-0.05, 0) is 103 Å². The van der Waals surface area contributed by atoms with E-state index in [4.69, 9.17) is 14.2 Å². The summed E-state index contributed by atoms with van der Waals surface area (Å²) in [5.74, 6) is -0.888. The van der Waals surface area contributed by atoms with Gasteiger partial charge in [0, 0.05) is 19.3 Å². The molecule has 0 aliphatic rings. The second-order valence-electron chi connectivity index (χ2n) is 20.9. The van der Waals surface area contributed by atoms with E-state index in [-0.39, 0.29) is 31.1 Å². The molecule has 0 spiro atoms. The van der Waals surface area contributed by atoms with E-state index in [1.807, 2.05) is 0 Å². The number of ether oxygens (including phenoxy) is 3. The van der Waals surface area contributed by atoms with E-state index < -0.39 is 6.10 Å². The Morgan fingerprint density at radius 2 is 0.520 bits per heavy atom. The Hall–Kier alpha value is -3.67. The van der Waals surface area contributed by atoms with Crippen LogP contribution in [-0.4, -0.2) is 37.2 Å². The fourth-order valence-corrected chi connectivity index (χ4v) is 8.83. The molecule has 1 atom stereocenters. The minimum absolute atomic E-state index is 0.0808. The minimum Gasteiger partial charge on any atom is -0.462 e. The van der Waals surface area contributed by atoms with E-state index in [1.165, 1.54) is 148 Å². The predicted molar refractivity (Wildman–Crippen MR) is 325 cm³/mol. The fraction of sp³-hybridized carbons (Fsp3) is 0.725. The molecule has 0 fully saturated rings. The second-order valence-corrected chi connectivity index (χ2v) is 20.9. The molecule has 0 saturated carbocycles. The van der Waals surface area contributed by atoms with Gasteiger partial charge in [0.15, 0.2) is 6.10 Å². The predicted octanol–water partition coefficient (Wildman–Crippen LogP) is 21.7. The molecule has 0 amide bonds. The molecule has 0 aromatic heterocycles. The van der Waals surface area contributed by atoms with Crippen LogP contribution in [0.5, 0.6) is 0 Å². The average molecular weight is 1040 g/mol. The van der Waals surface area contributed by atoms with Crippen LogP contribution in [0, 0.1) is 0 Å². The highest BCUT2D eigenvalue weighted by molar-refractivity contribution is 5.71. The van der Waals surface area contributed by atoms with Crippen molar-refractivity contribution < 1.29 is 28.6 Å². The van der Waals surface area contributed by atoms with Crippen LogP contribution in [0.15, 0.2) is 97.2 Å². The maximum absolute atomic E-state index is 12.9. The smallest absolute Gasteiger partial charge is 0.306 e. The van der Waals surface area contributed by atoms with Crippen LogP contribution < -0.4 is 0 Å². The maximum Gasteiger partial charge on any atom is 0.306 e. The zero-order valence-corrected chi connectivity index (χ0v) is 49.3. The lowest BCUT2D eigenvalue weighted by Gasteiger charge is -2.18. The van der Waals surface area contributed by atoms with Crippen molar-refractivity contribution in [2.45, 2.75) is 309 Å². The van der Waals surface area contributed by atoms with Crippen molar-refractivity contribution in [3.63, 3.8) is 0 Å². The summed E-state index contributed by atoms with van der Waals surface area (Å²) < 4.78 is 16.9. The lowest BCUT2D eigenvalue weighted by atomic mass is 10.0. The Morgan fingerprint density at radius 3 is 0.827 bits per heavy atom. The van der Waals surface area contributed by atoms with Crippen LogP contribution in [0.2, 0.25) is 0 Å². The van der Waals surface area contributed by atoms with Gasteiger partial charge in [-0.25, -0.2) is 0 Å². The van der Waals surface area contributed by atoms with Crippen LogP contribution in [0.25, 0.3) is 0 Å². The van der Waals surface area contributed by atoms with Crippen molar-refractivity contribution in [1.82, 2.24) is 0 Å². The zero-order valence-electron chi connectivity index (χ0n) is 49.3. The molecule has 0 aliphatic carbocycles. The molecule has 6 heteroatoms. The van der Waals surface area contributed by atoms with Crippen LogP contribution >= 0.6 is 0 Å². The van der Waals surface area contributed by atoms with E-state index in [1.54, 1.807) is 0 Å². The summed E-state index contributed by atoms with van der Waals surface area (Å²) >= 11 is 0. The zero-order chi connectivity index (χ0) is 54.3. The molecule has 0 bridgehead atoms. The highest BCUT2D eigenvalue weighted by atomic mass is 16.6. The Morgan fingerprint density at radius 1 is 0.280 bits per heavy atom. The maximum atomic E-state index is 12.9. The largest absolute Gasteiger partial charge is 0.462 e. The lowest BCUT2D eigenvalue weighted by Crippen LogP contribution is -2.30. The molecule has 0 aromatic carbocycles. The van der Waals surface area contributed by atoms with Gasteiger partial charge in [-0.2, -0.15) is 0 Å². The molecule has 0 aliphatic heterocycles. The Labute approximate surface area is 464 Å². The van der Waals surface area contributed by atoms with Crippen molar-refractivity contribution in [2.75, 3.05) is 13.2 Å². The number of rotatable bonds is 57. The standard InChI is InChI=1S/C69H118O6/c1-4-7-10-13-16-19-22-25-27-29-31-32-33-34-35-36-37-38-39-41-42-44-47-50-53-56-59-62-68(71)74-65-66(64-73-67(70)61-58-55-52-49-46-24-21-18-15-12-9-6-3)75-69(72)63-60-57-54-51-48-45-43-40-30-28-26-23-20-17-14-11-8-5-2/h7,10,16,19-20,23,25,27-28,30-32,34-35,37-38,66H,4-6,8-9,11-15,17-18,21-22,24,26,29,33,36,39-65H2,1-3H3/b10-7-,19-16-,23-20-,27-25-,30-28-,32-31-,35-34-,38-37-. The molecule has 0 rings (SSSR count). The molecule has 0 N–H and O–H groups in total. The van der Waals surface area contributed by atoms with Gasteiger partial charge >= 0.3 is 17.9 Å². The second kappa shape index (κ2) is 62.9. The first-order chi connectivity index (χ1) is 37.0. The topological polar surface area (TPSA) is 78.9 Å². The highest BCUT2D eigenvalue weighted by Gasteiger charge is 2.19. The normalized spacial score (nSPS) is 12.7. The molecule has 430 valence electrons. The molecule has 0 saturated heterocycles. The van der Waals surface area contributed by atoms with Gasteiger partial charge < -0.3 is 14.2 Å². The summed E-state index contributed by atoms with van der Waals surface area (Å²) in [6.45, 7) is 6.52. The van der Waals surface area contributed by atoms with Gasteiger partial charge in [-0.3, -0.25) is 14.4 Å². The molecular weight excluding hydrogens is 925 g/mol. The summed E-state index contributed by atoms with van der Waals surface area (Å²) in [7, 11) is 0. The van der Waals surface area contributed by atoms with Crippen LogP contribution in [0.4, 0.5) is 0 Å². The van der Waals surface area contributed by atoms with Crippen molar-refractivity contribution in [3.8, 4) is 0 Å². The first-order valence-corrected chi connectivity index (χ1v) is 31.7. The van der Waals surface area contributed by atoms with Gasteiger partial charge in [0.2, 0.25) is 0 Å². The van der Waals surface area contributed by atoms with E-state index in [2.05, 4.69) is 118 Å². The van der Waals surface area contributed by atoms with E-state index >= 15 is 0 Å². The number of esters is 3. The SMILES string of the molecule is CC/C=C\C/C=C\C/C=C\C/C=C\C/C=C\C/C=C\CCCCCCCCCCC(=O)OCC(COC(=O)CCCCCCCCCCCCCC)OC(=O)CCCCCCCCC/C=C\C/C=C\CCCCCC. The molecule has 0 aromatic rings. The molecule has 75 heavy (non-hydrogen) atoms. The van der Waals surface area contributed by atoms with Gasteiger partial charge in [-0.15, -0.1) is 0 Å². The number of allylic oxidation sites excluding steroid dienone is 16. The van der Waals surface area contributed by atoms with Gasteiger partial charge in [0.25, 0.3) is 0 Å². The van der Waals surface area contributed by atoms with Gasteiger partial charge in [0.05, 0.1) is 0 Å². The molecule has 0 radical (unpaired) electrons. The van der Waals surface area contributed by atoms with Gasteiger partial charge in [0.1, 0.15) is 13.2 Å². The van der Waals surface area contributed by atoms with Gasteiger partial charge in [-0.1, -0.05) is 279 Å². The average Bonchev–Trinajstić information content (AvgIpc) is 3.41. The number of carbonyl (C=O) groups is 3. The number of carbonyl (C=O) groups excluding carboxylic acids is 3. The third-order valence-electron chi connectivity index (χ3n) is 13.6. The monoisotopic (exact) mass is 1040 g/mol. The van der Waals surface area contributed by atoms with Crippen molar-refractivity contribution >= 4 is 17.9 Å².